The van der Waals surface area contributed by atoms with Crippen molar-refractivity contribution in [3.8, 4) is 10.4 Å². The monoisotopic (exact) mass is 564 g/mol. The third-order valence-corrected chi connectivity index (χ3v) is 9.34. The third kappa shape index (κ3) is 5.97. The molecular weight excluding hydrogens is 528 g/mol. The number of benzene rings is 1. The summed E-state index contributed by atoms with van der Waals surface area (Å²) in [6.07, 6.45) is 2.46. The number of thiazole rings is 1. The van der Waals surface area contributed by atoms with Crippen LogP contribution in [0.25, 0.3) is 10.4 Å². The molecule has 3 N–H and O–H groups in total. The van der Waals surface area contributed by atoms with Gasteiger partial charge in [-0.3, -0.25) is 5.32 Å². The fraction of sp³-hybridized carbons (Fsp3) is 0.577. The number of aromatic nitrogens is 1. The Morgan fingerprint density at radius 2 is 1.63 bits per heavy atom. The maximum Gasteiger partial charge on any atom is 0.411 e. The smallest absolute Gasteiger partial charge is 0.411 e. The standard InChI is InChI=1S/C26H36N4O6S2/c1-15(2)35-22(31)28-17-8-9-18(20(10-17)38(33,34)30-24(5,6)7)19-11-27-21(37-19)25-12-26(13-25,14-25)29-23(32)36-16(3)4/h8-11,15-16,30H,12-14H2,1-7H3,(H,28,31)(H,29,32). The van der Waals surface area contributed by atoms with Gasteiger partial charge in [-0.1, -0.05) is 6.07 Å². The summed E-state index contributed by atoms with van der Waals surface area (Å²) in [5, 5.41) is 6.51. The SMILES string of the molecule is CC(C)OC(=O)Nc1ccc(-c2cnc(C34CC(NC(=O)OC(C)C)(C3)C4)s2)c(S(=O)(=O)NC(C)(C)C)c1. The lowest BCUT2D eigenvalue weighted by molar-refractivity contribution is -0.0853. The number of carbonyl (C=O) groups is 2. The van der Waals surface area contributed by atoms with E-state index in [0.717, 1.165) is 24.3 Å². The Kier molecular flexibility index (Phi) is 7.30. The number of sulfonamides is 1. The van der Waals surface area contributed by atoms with Gasteiger partial charge in [-0.15, -0.1) is 11.3 Å². The van der Waals surface area contributed by atoms with Gasteiger partial charge in [-0.05, 0) is 79.9 Å². The summed E-state index contributed by atoms with van der Waals surface area (Å²) in [6.45, 7) is 12.4. The highest BCUT2D eigenvalue weighted by atomic mass is 32.2. The summed E-state index contributed by atoms with van der Waals surface area (Å²) < 4.78 is 39.9. The molecule has 0 radical (unpaired) electrons. The van der Waals surface area contributed by atoms with Crippen LogP contribution in [0.3, 0.4) is 0 Å². The van der Waals surface area contributed by atoms with Crippen LogP contribution in [-0.4, -0.2) is 48.9 Å². The van der Waals surface area contributed by atoms with Gasteiger partial charge in [0, 0.05) is 33.9 Å². The third-order valence-electron chi connectivity index (χ3n) is 6.27. The van der Waals surface area contributed by atoms with Crippen LogP contribution in [0.5, 0.6) is 0 Å². The van der Waals surface area contributed by atoms with E-state index in [0.29, 0.717) is 16.1 Å². The highest BCUT2D eigenvalue weighted by Crippen LogP contribution is 2.68. The van der Waals surface area contributed by atoms with Crippen LogP contribution in [0.15, 0.2) is 29.3 Å². The number of nitrogens with one attached hydrogen (secondary N) is 3. The molecule has 0 aliphatic heterocycles. The molecule has 12 heteroatoms. The minimum atomic E-state index is -3.94. The van der Waals surface area contributed by atoms with Crippen molar-refractivity contribution >= 4 is 39.2 Å². The number of ether oxygens (including phenoxy) is 2. The summed E-state index contributed by atoms with van der Waals surface area (Å²) in [7, 11) is -3.94. The fourth-order valence-corrected chi connectivity index (χ4v) is 7.97. The summed E-state index contributed by atoms with van der Waals surface area (Å²) in [5.74, 6) is 0. The molecule has 3 aliphatic carbocycles. The van der Waals surface area contributed by atoms with Gasteiger partial charge in [0.1, 0.15) is 0 Å². The van der Waals surface area contributed by atoms with Crippen molar-refractivity contribution in [2.45, 2.75) is 101 Å². The van der Waals surface area contributed by atoms with Crippen LogP contribution in [0.1, 0.15) is 72.7 Å². The molecule has 0 unspecified atom stereocenters. The summed E-state index contributed by atoms with van der Waals surface area (Å²) >= 11 is 1.45. The van der Waals surface area contributed by atoms with Crippen LogP contribution in [0.4, 0.5) is 15.3 Å². The summed E-state index contributed by atoms with van der Waals surface area (Å²) in [5.41, 5.74) is -0.272. The molecule has 3 saturated carbocycles. The van der Waals surface area contributed by atoms with E-state index < -0.39 is 27.7 Å². The van der Waals surface area contributed by atoms with Gasteiger partial charge in [0.25, 0.3) is 0 Å². The predicted molar refractivity (Wildman–Crippen MR) is 146 cm³/mol. The molecule has 2 bridgehead atoms. The molecule has 5 rings (SSSR count). The average molecular weight is 565 g/mol. The molecule has 3 fully saturated rings. The van der Waals surface area contributed by atoms with Gasteiger partial charge in [0.05, 0.1) is 27.0 Å². The van der Waals surface area contributed by atoms with Crippen molar-refractivity contribution in [1.29, 1.82) is 0 Å². The maximum atomic E-state index is 13.4. The first-order chi connectivity index (χ1) is 17.5. The minimum Gasteiger partial charge on any atom is -0.447 e. The summed E-state index contributed by atoms with van der Waals surface area (Å²) in [4.78, 5) is 29.6. The Labute approximate surface area is 228 Å². The lowest BCUT2D eigenvalue weighted by Crippen LogP contribution is -2.76. The molecule has 2 amide bonds. The zero-order valence-corrected chi connectivity index (χ0v) is 24.4. The number of anilines is 1. The molecular formula is C26H36N4O6S2. The Balaban J connectivity index is 1.58. The van der Waals surface area contributed by atoms with Crippen molar-refractivity contribution < 1.29 is 27.5 Å². The Morgan fingerprint density at radius 1 is 1.03 bits per heavy atom. The second-order valence-corrected chi connectivity index (χ2v) is 14.5. The van der Waals surface area contributed by atoms with Gasteiger partial charge in [-0.2, -0.15) is 0 Å². The van der Waals surface area contributed by atoms with E-state index in [1.807, 2.05) is 13.8 Å². The van der Waals surface area contributed by atoms with E-state index in [9.17, 15) is 18.0 Å². The molecule has 10 nitrogen and oxygen atoms in total. The van der Waals surface area contributed by atoms with E-state index in [2.05, 4.69) is 20.3 Å². The first-order valence-corrected chi connectivity index (χ1v) is 14.9. The van der Waals surface area contributed by atoms with Gasteiger partial charge >= 0.3 is 12.2 Å². The second-order valence-electron chi connectivity index (χ2n) is 11.8. The van der Waals surface area contributed by atoms with E-state index in [4.69, 9.17) is 9.47 Å². The van der Waals surface area contributed by atoms with Crippen LogP contribution in [-0.2, 0) is 24.9 Å². The molecule has 1 aromatic heterocycles. The first-order valence-electron chi connectivity index (χ1n) is 12.6. The molecule has 38 heavy (non-hydrogen) atoms. The Morgan fingerprint density at radius 3 is 2.21 bits per heavy atom. The van der Waals surface area contributed by atoms with Gasteiger partial charge in [0.2, 0.25) is 10.0 Å². The minimum absolute atomic E-state index is 0.0390. The average Bonchev–Trinajstić information content (AvgIpc) is 3.16. The number of carbonyl (C=O) groups excluding carboxylic acids is 2. The van der Waals surface area contributed by atoms with E-state index >= 15 is 0 Å². The lowest BCUT2D eigenvalue weighted by Gasteiger charge is -2.69. The van der Waals surface area contributed by atoms with Crippen LogP contribution >= 0.6 is 11.3 Å². The Bertz CT molecular complexity index is 1320. The van der Waals surface area contributed by atoms with Crippen molar-refractivity contribution in [2.24, 2.45) is 0 Å². The number of hydrogen-bond acceptors (Lipinski definition) is 8. The van der Waals surface area contributed by atoms with Crippen molar-refractivity contribution in [1.82, 2.24) is 15.0 Å². The van der Waals surface area contributed by atoms with Crippen molar-refractivity contribution in [3.63, 3.8) is 0 Å². The van der Waals surface area contributed by atoms with Crippen molar-refractivity contribution in [2.75, 3.05) is 5.32 Å². The van der Waals surface area contributed by atoms with Gasteiger partial charge < -0.3 is 14.8 Å². The van der Waals surface area contributed by atoms with E-state index in [1.54, 1.807) is 52.9 Å². The normalized spacial score (nSPS) is 22.4. The molecule has 0 saturated heterocycles. The van der Waals surface area contributed by atoms with Crippen LogP contribution in [0.2, 0.25) is 0 Å². The second kappa shape index (κ2) is 9.80. The van der Waals surface area contributed by atoms with E-state index in [1.165, 1.54) is 17.4 Å². The molecule has 0 atom stereocenters. The van der Waals surface area contributed by atoms with Crippen LogP contribution < -0.4 is 15.4 Å². The molecule has 0 spiro atoms. The zero-order valence-electron chi connectivity index (χ0n) is 22.8. The maximum absolute atomic E-state index is 13.4. The molecule has 208 valence electrons. The lowest BCUT2D eigenvalue weighted by atomic mass is 9.39. The highest BCUT2D eigenvalue weighted by Gasteiger charge is 2.70. The number of alkyl carbamates (subject to hydrolysis) is 1. The molecule has 3 aliphatic rings. The van der Waals surface area contributed by atoms with Gasteiger partial charge in [0.15, 0.2) is 0 Å². The Hall–Kier alpha value is -2.70. The van der Waals surface area contributed by atoms with Crippen molar-refractivity contribution in [3.05, 3.63) is 29.4 Å². The quantitative estimate of drug-likeness (QED) is 0.403. The van der Waals surface area contributed by atoms with Gasteiger partial charge in [-0.25, -0.2) is 27.7 Å². The molecule has 1 heterocycles. The number of rotatable bonds is 8. The highest BCUT2D eigenvalue weighted by molar-refractivity contribution is 7.89. The number of amides is 2. The van der Waals surface area contributed by atoms with Crippen LogP contribution in [0, 0.1) is 0 Å². The van der Waals surface area contributed by atoms with E-state index in [-0.39, 0.29) is 28.1 Å². The largest absolute Gasteiger partial charge is 0.447 e. The summed E-state index contributed by atoms with van der Waals surface area (Å²) in [6, 6.07) is 4.75. The predicted octanol–water partition coefficient (Wildman–Crippen LogP) is 5.15. The first kappa shape index (κ1) is 28.3. The molecule has 1 aromatic carbocycles. The number of hydrogen-bond donors (Lipinski definition) is 3. The number of nitrogens with zero attached hydrogens (tertiary/aromatic N) is 1. The molecule has 2 aromatic rings. The fourth-order valence-electron chi connectivity index (χ4n) is 5.10. The topological polar surface area (TPSA) is 136 Å². The zero-order chi connectivity index (χ0) is 28.1.